The Morgan fingerprint density at radius 1 is 1.33 bits per heavy atom. The maximum Gasteiger partial charge on any atom is 0.323 e. The minimum atomic E-state index is 0.175. The number of nitrogens with one attached hydrogen (secondary N) is 1. The van der Waals surface area contributed by atoms with Crippen LogP contribution in [0.2, 0.25) is 0 Å². The molecule has 1 aromatic heterocycles. The van der Waals surface area contributed by atoms with Crippen LogP contribution >= 0.6 is 11.8 Å². The minimum Gasteiger partial charge on any atom is -0.463 e. The van der Waals surface area contributed by atoms with Gasteiger partial charge in [0.05, 0.1) is 6.61 Å². The first-order valence-corrected chi connectivity index (χ1v) is 7.29. The lowest BCUT2D eigenvalue weighted by atomic mass is 10.4. The van der Waals surface area contributed by atoms with Crippen molar-refractivity contribution in [3.63, 3.8) is 0 Å². The fourth-order valence-electron chi connectivity index (χ4n) is 1.25. The number of thioether (sulfide) groups is 1. The average molecular weight is 271 g/mol. The summed E-state index contributed by atoms with van der Waals surface area (Å²) in [6.07, 6.45) is 0.901. The highest BCUT2D eigenvalue weighted by Crippen LogP contribution is 2.11. The second-order valence-electron chi connectivity index (χ2n) is 3.85. The number of aromatic nitrogens is 3. The maximum absolute atomic E-state index is 5.62. The first-order valence-electron chi connectivity index (χ1n) is 6.14. The lowest BCUT2D eigenvalue weighted by Crippen LogP contribution is -2.20. The minimum absolute atomic E-state index is 0.175. The molecule has 0 radical (unpaired) electrons. The summed E-state index contributed by atoms with van der Waals surface area (Å²) in [5, 5.41) is 3.19. The molecule has 102 valence electrons. The van der Waals surface area contributed by atoms with Crippen molar-refractivity contribution in [1.82, 2.24) is 15.0 Å². The van der Waals surface area contributed by atoms with Crippen molar-refractivity contribution in [2.24, 2.45) is 0 Å². The van der Waals surface area contributed by atoms with Gasteiger partial charge in [0, 0.05) is 11.8 Å². The largest absolute Gasteiger partial charge is 0.463 e. The summed E-state index contributed by atoms with van der Waals surface area (Å²) < 4.78 is 5.35. The molecule has 0 spiro atoms. The second kappa shape index (κ2) is 7.97. The van der Waals surface area contributed by atoms with Crippen molar-refractivity contribution in [3.05, 3.63) is 0 Å². The SMILES string of the molecule is CCCOc1nc(N)nc(NC(C)CSCC)n1. The number of anilines is 2. The van der Waals surface area contributed by atoms with Gasteiger partial charge in [0.25, 0.3) is 0 Å². The monoisotopic (exact) mass is 271 g/mol. The molecule has 0 saturated carbocycles. The predicted molar refractivity (Wildman–Crippen MR) is 76.1 cm³/mol. The van der Waals surface area contributed by atoms with Gasteiger partial charge >= 0.3 is 6.01 Å². The summed E-state index contributed by atoms with van der Waals surface area (Å²) in [7, 11) is 0. The van der Waals surface area contributed by atoms with Crippen LogP contribution < -0.4 is 15.8 Å². The Balaban J connectivity index is 2.61. The zero-order chi connectivity index (χ0) is 13.4. The van der Waals surface area contributed by atoms with E-state index in [0.29, 0.717) is 12.6 Å². The van der Waals surface area contributed by atoms with Gasteiger partial charge < -0.3 is 15.8 Å². The Kier molecular flexibility index (Phi) is 6.56. The second-order valence-corrected chi connectivity index (χ2v) is 5.17. The number of nitrogen functional groups attached to an aromatic ring is 1. The van der Waals surface area contributed by atoms with Crippen LogP contribution in [0.3, 0.4) is 0 Å². The van der Waals surface area contributed by atoms with E-state index < -0.39 is 0 Å². The number of nitrogens with zero attached hydrogens (tertiary/aromatic N) is 3. The lowest BCUT2D eigenvalue weighted by Gasteiger charge is -2.13. The van der Waals surface area contributed by atoms with Gasteiger partial charge in [-0.1, -0.05) is 13.8 Å². The Bertz CT molecular complexity index is 363. The van der Waals surface area contributed by atoms with Crippen LogP contribution in [0.4, 0.5) is 11.9 Å². The van der Waals surface area contributed by atoms with Gasteiger partial charge in [-0.2, -0.15) is 26.7 Å². The number of ether oxygens (including phenoxy) is 1. The van der Waals surface area contributed by atoms with E-state index >= 15 is 0 Å². The van der Waals surface area contributed by atoms with Crippen molar-refractivity contribution >= 4 is 23.7 Å². The van der Waals surface area contributed by atoms with Gasteiger partial charge in [0.1, 0.15) is 0 Å². The Labute approximate surface area is 112 Å². The first-order chi connectivity index (χ1) is 8.65. The average Bonchev–Trinajstić information content (AvgIpc) is 2.33. The van der Waals surface area contributed by atoms with Gasteiger partial charge in [0.2, 0.25) is 11.9 Å². The van der Waals surface area contributed by atoms with Crippen molar-refractivity contribution in [1.29, 1.82) is 0 Å². The smallest absolute Gasteiger partial charge is 0.323 e. The molecule has 18 heavy (non-hydrogen) atoms. The fourth-order valence-corrected chi connectivity index (χ4v) is 1.92. The van der Waals surface area contributed by atoms with Crippen LogP contribution in [-0.2, 0) is 0 Å². The zero-order valence-corrected chi connectivity index (χ0v) is 12.0. The third kappa shape index (κ3) is 5.39. The molecule has 0 amide bonds. The van der Waals surface area contributed by atoms with Crippen LogP contribution in [0.25, 0.3) is 0 Å². The molecule has 1 atom stereocenters. The van der Waals surface area contributed by atoms with Crippen molar-refractivity contribution < 1.29 is 4.74 Å². The Morgan fingerprint density at radius 2 is 2.11 bits per heavy atom. The lowest BCUT2D eigenvalue weighted by molar-refractivity contribution is 0.292. The molecule has 0 bridgehead atoms. The molecule has 3 N–H and O–H groups in total. The van der Waals surface area contributed by atoms with Gasteiger partial charge in [-0.05, 0) is 19.1 Å². The van der Waals surface area contributed by atoms with Gasteiger partial charge in [0.15, 0.2) is 0 Å². The van der Waals surface area contributed by atoms with E-state index in [1.54, 1.807) is 0 Å². The van der Waals surface area contributed by atoms with Crippen molar-refractivity contribution in [2.75, 3.05) is 29.2 Å². The summed E-state index contributed by atoms with van der Waals surface area (Å²) in [6.45, 7) is 6.81. The third-order valence-electron chi connectivity index (χ3n) is 2.01. The summed E-state index contributed by atoms with van der Waals surface area (Å²) in [4.78, 5) is 12.1. The van der Waals surface area contributed by atoms with E-state index in [1.807, 2.05) is 18.7 Å². The van der Waals surface area contributed by atoms with Gasteiger partial charge in [-0.3, -0.25) is 0 Å². The van der Waals surface area contributed by atoms with E-state index in [1.165, 1.54) is 0 Å². The van der Waals surface area contributed by atoms with E-state index in [-0.39, 0.29) is 18.0 Å². The van der Waals surface area contributed by atoms with Crippen molar-refractivity contribution in [2.45, 2.75) is 33.2 Å². The topological polar surface area (TPSA) is 86.0 Å². The van der Waals surface area contributed by atoms with Crippen LogP contribution in [0.15, 0.2) is 0 Å². The van der Waals surface area contributed by atoms with E-state index in [9.17, 15) is 0 Å². The molecule has 6 nitrogen and oxygen atoms in total. The fraction of sp³-hybridized carbons (Fsp3) is 0.727. The van der Waals surface area contributed by atoms with Crippen molar-refractivity contribution in [3.8, 4) is 6.01 Å². The molecule has 0 aliphatic carbocycles. The molecule has 1 aromatic rings. The highest BCUT2D eigenvalue weighted by molar-refractivity contribution is 7.99. The summed E-state index contributed by atoms with van der Waals surface area (Å²) in [6, 6.07) is 0.554. The summed E-state index contributed by atoms with van der Waals surface area (Å²) in [5.41, 5.74) is 5.62. The number of hydrogen-bond acceptors (Lipinski definition) is 7. The molecule has 1 unspecified atom stereocenters. The van der Waals surface area contributed by atoms with Crippen LogP contribution in [0.1, 0.15) is 27.2 Å². The number of rotatable bonds is 8. The maximum atomic E-state index is 5.62. The third-order valence-corrected chi connectivity index (χ3v) is 3.16. The van der Waals surface area contributed by atoms with Gasteiger partial charge in [-0.25, -0.2) is 0 Å². The van der Waals surface area contributed by atoms with E-state index in [4.69, 9.17) is 10.5 Å². The molecule has 0 aliphatic heterocycles. The standard InChI is InChI=1S/C11H21N5OS/c1-4-6-17-11-15-9(12)14-10(16-11)13-8(3)7-18-5-2/h8H,4-7H2,1-3H3,(H3,12,13,14,15,16). The van der Waals surface area contributed by atoms with Crippen LogP contribution in [-0.4, -0.2) is 39.1 Å². The number of hydrogen-bond donors (Lipinski definition) is 2. The Morgan fingerprint density at radius 3 is 2.78 bits per heavy atom. The van der Waals surface area contributed by atoms with E-state index in [0.717, 1.165) is 17.9 Å². The molecule has 1 heterocycles. The molecule has 0 aliphatic rings. The Hall–Kier alpha value is -1.24. The molecule has 0 aromatic carbocycles. The molecule has 1 rings (SSSR count). The molecule has 7 heteroatoms. The molecule has 0 saturated heterocycles. The van der Waals surface area contributed by atoms with Crippen LogP contribution in [0.5, 0.6) is 6.01 Å². The van der Waals surface area contributed by atoms with Crippen LogP contribution in [0, 0.1) is 0 Å². The number of nitrogens with two attached hydrogens (primary N) is 1. The first kappa shape index (κ1) is 14.8. The summed E-state index contributed by atoms with van der Waals surface area (Å²) >= 11 is 1.86. The highest BCUT2D eigenvalue weighted by atomic mass is 32.2. The summed E-state index contributed by atoms with van der Waals surface area (Å²) in [5.74, 6) is 2.73. The van der Waals surface area contributed by atoms with E-state index in [2.05, 4.69) is 34.1 Å². The normalized spacial score (nSPS) is 12.2. The molecule has 0 fully saturated rings. The molecular formula is C11H21N5OS. The molecular weight excluding hydrogens is 250 g/mol. The predicted octanol–water partition coefficient (Wildman–Crippen LogP) is 1.80. The quantitative estimate of drug-likeness (QED) is 0.745. The van der Waals surface area contributed by atoms with Gasteiger partial charge in [-0.15, -0.1) is 0 Å². The highest BCUT2D eigenvalue weighted by Gasteiger charge is 2.08. The zero-order valence-electron chi connectivity index (χ0n) is 11.1.